The first kappa shape index (κ1) is 34.5. The summed E-state index contributed by atoms with van der Waals surface area (Å²) < 4.78 is 33.1. The third kappa shape index (κ3) is 8.57. The topological polar surface area (TPSA) is 83.5 Å². The van der Waals surface area contributed by atoms with Crippen LogP contribution >= 0.6 is 0 Å². The fraction of sp³-hybridized carbons (Fsp3) is 0.486. The number of carbonyl (C=O) groups is 1. The van der Waals surface area contributed by atoms with E-state index in [0.29, 0.717) is 23.3 Å². The summed E-state index contributed by atoms with van der Waals surface area (Å²) in [5.74, 6) is 0.687. The molecule has 1 amide bonds. The van der Waals surface area contributed by atoms with Crippen molar-refractivity contribution in [1.29, 1.82) is 0 Å². The van der Waals surface area contributed by atoms with Crippen LogP contribution in [-0.2, 0) is 10.1 Å². The van der Waals surface area contributed by atoms with Gasteiger partial charge in [-0.2, -0.15) is 8.42 Å². The molecule has 3 aromatic rings. The first-order valence-electron chi connectivity index (χ1n) is 15.4. The summed E-state index contributed by atoms with van der Waals surface area (Å²) in [5.41, 5.74) is 3.22. The minimum Gasteiger partial charge on any atom is -0.321 e. The van der Waals surface area contributed by atoms with Gasteiger partial charge in [0.2, 0.25) is 0 Å². The smallest absolute Gasteiger partial charge is 0.296 e. The molecule has 0 heterocycles. The van der Waals surface area contributed by atoms with E-state index < -0.39 is 16.0 Å². The van der Waals surface area contributed by atoms with Crippen LogP contribution in [0, 0.1) is 22.2 Å². The van der Waals surface area contributed by atoms with E-state index in [4.69, 9.17) is 0 Å². The third-order valence-electron chi connectivity index (χ3n) is 9.71. The number of amides is 1. The number of rotatable bonds is 12. The maximum atomic E-state index is 13.1. The number of benzene rings is 3. The highest BCUT2D eigenvalue weighted by molar-refractivity contribution is 7.86. The molecule has 0 saturated carbocycles. The van der Waals surface area contributed by atoms with E-state index in [1.54, 1.807) is 18.2 Å². The van der Waals surface area contributed by atoms with Crippen molar-refractivity contribution >= 4 is 21.7 Å². The highest BCUT2D eigenvalue weighted by Crippen LogP contribution is 2.56. The molecule has 5 nitrogen and oxygen atoms in total. The van der Waals surface area contributed by atoms with Crippen molar-refractivity contribution in [2.24, 2.45) is 22.2 Å². The zero-order chi connectivity index (χ0) is 32.2. The lowest BCUT2D eigenvalue weighted by Gasteiger charge is -2.51. The minimum atomic E-state index is -4.47. The van der Waals surface area contributed by atoms with E-state index >= 15 is 0 Å². The number of hydrogen-bond donors (Lipinski definition) is 2. The normalized spacial score (nSPS) is 15.0. The molecule has 0 saturated heterocycles. The molecule has 0 aliphatic heterocycles. The summed E-state index contributed by atoms with van der Waals surface area (Å²) in [6.45, 7) is 21.2. The molecule has 0 aliphatic rings. The zero-order valence-electron chi connectivity index (χ0n) is 27.4. The molecule has 0 fully saturated rings. The molecule has 2 N–H and O–H groups in total. The Morgan fingerprint density at radius 1 is 0.791 bits per heavy atom. The largest absolute Gasteiger partial charge is 0.321 e. The van der Waals surface area contributed by atoms with E-state index in [9.17, 15) is 17.8 Å². The summed E-state index contributed by atoms with van der Waals surface area (Å²) in [4.78, 5) is 12.7. The van der Waals surface area contributed by atoms with Crippen molar-refractivity contribution in [2.45, 2.75) is 98.3 Å². The first-order chi connectivity index (χ1) is 19.9. The maximum Gasteiger partial charge on any atom is 0.296 e. The molecular formula is C37H51NO4S. The van der Waals surface area contributed by atoms with Gasteiger partial charge in [-0.25, -0.2) is 0 Å². The number of carbonyl (C=O) groups excluding carboxylic acids is 1. The van der Waals surface area contributed by atoms with Crippen LogP contribution in [0.25, 0.3) is 0 Å². The van der Waals surface area contributed by atoms with Gasteiger partial charge in [0.05, 0.1) is 5.69 Å². The van der Waals surface area contributed by atoms with E-state index in [0.717, 1.165) is 19.3 Å². The second kappa shape index (κ2) is 13.4. The van der Waals surface area contributed by atoms with E-state index in [1.807, 2.05) is 12.1 Å². The Balaban J connectivity index is 1.90. The van der Waals surface area contributed by atoms with Gasteiger partial charge >= 0.3 is 0 Å². The maximum absolute atomic E-state index is 13.1. The Kier molecular flexibility index (Phi) is 10.7. The molecule has 0 aromatic heterocycles. The van der Waals surface area contributed by atoms with Gasteiger partial charge in [-0.3, -0.25) is 9.35 Å². The van der Waals surface area contributed by atoms with Gasteiger partial charge in [0, 0.05) is 5.56 Å². The fourth-order valence-corrected chi connectivity index (χ4v) is 6.82. The van der Waals surface area contributed by atoms with Gasteiger partial charge in [0.15, 0.2) is 0 Å². The lowest BCUT2D eigenvalue weighted by Crippen LogP contribution is -2.41. The lowest BCUT2D eigenvalue weighted by molar-refractivity contribution is 0.0369. The fourth-order valence-electron chi connectivity index (χ4n) is 6.17. The van der Waals surface area contributed by atoms with Gasteiger partial charge in [0.1, 0.15) is 4.90 Å². The van der Waals surface area contributed by atoms with Crippen molar-refractivity contribution < 1.29 is 17.8 Å². The van der Waals surface area contributed by atoms with Gasteiger partial charge in [0.25, 0.3) is 16.0 Å². The second-order valence-electron chi connectivity index (χ2n) is 14.6. The summed E-state index contributed by atoms with van der Waals surface area (Å²) in [5, 5.41) is 2.64. The molecule has 3 rings (SSSR count). The molecule has 0 bridgehead atoms. The predicted octanol–water partition coefficient (Wildman–Crippen LogP) is 9.98. The van der Waals surface area contributed by atoms with Crippen molar-refractivity contribution in [1.82, 2.24) is 0 Å². The summed E-state index contributed by atoms with van der Waals surface area (Å²) in [7, 11) is -4.47. The van der Waals surface area contributed by atoms with Crippen molar-refractivity contribution in [3.63, 3.8) is 0 Å². The molecule has 0 radical (unpaired) electrons. The van der Waals surface area contributed by atoms with Crippen molar-refractivity contribution in [3.05, 3.63) is 95.6 Å². The molecule has 3 atom stereocenters. The first-order valence-corrected chi connectivity index (χ1v) is 16.8. The van der Waals surface area contributed by atoms with Crippen LogP contribution < -0.4 is 5.32 Å². The van der Waals surface area contributed by atoms with E-state index in [2.05, 4.69) is 98.0 Å². The quantitative estimate of drug-likeness (QED) is 0.201. The monoisotopic (exact) mass is 605 g/mol. The summed E-state index contributed by atoms with van der Waals surface area (Å²) in [6, 6.07) is 24.4. The Hall–Kier alpha value is -2.96. The summed E-state index contributed by atoms with van der Waals surface area (Å²) >= 11 is 0. The van der Waals surface area contributed by atoms with Crippen LogP contribution in [0.15, 0.2) is 83.8 Å². The van der Waals surface area contributed by atoms with Gasteiger partial charge in [-0.15, -0.1) is 0 Å². The average Bonchev–Trinajstić information content (AvgIpc) is 2.94. The summed E-state index contributed by atoms with van der Waals surface area (Å²) in [6.07, 6.45) is 3.13. The Morgan fingerprint density at radius 2 is 1.35 bits per heavy atom. The number of hydrogen-bond acceptors (Lipinski definition) is 3. The predicted molar refractivity (Wildman–Crippen MR) is 178 cm³/mol. The van der Waals surface area contributed by atoms with E-state index in [1.165, 1.54) is 29.3 Å². The molecule has 234 valence electrons. The molecule has 43 heavy (non-hydrogen) atoms. The Bertz CT molecular complexity index is 1470. The number of anilines is 1. The highest BCUT2D eigenvalue weighted by atomic mass is 32.2. The molecule has 0 aliphatic carbocycles. The SMILES string of the molecule is CCC(C)C(CC(C)(C)C(C)(C)C(CC(C)(C)C)c1ccccc1)c1ccc(C(=O)Nc2ccccc2S(=O)(=O)O)cc1. The second-order valence-corrected chi connectivity index (χ2v) is 16.0. The van der Waals surface area contributed by atoms with Crippen molar-refractivity contribution in [2.75, 3.05) is 5.32 Å². The molecule has 6 heteroatoms. The van der Waals surface area contributed by atoms with Crippen LogP contribution in [0.2, 0.25) is 0 Å². The average molecular weight is 606 g/mol. The number of nitrogens with one attached hydrogen (secondary N) is 1. The van der Waals surface area contributed by atoms with Crippen LogP contribution in [0.3, 0.4) is 0 Å². The van der Waals surface area contributed by atoms with Crippen molar-refractivity contribution in [3.8, 4) is 0 Å². The van der Waals surface area contributed by atoms with Crippen LogP contribution in [0.5, 0.6) is 0 Å². The molecule has 3 aromatic carbocycles. The Labute approximate surface area is 260 Å². The minimum absolute atomic E-state index is 0.00634. The van der Waals surface area contributed by atoms with Crippen LogP contribution in [-0.4, -0.2) is 18.9 Å². The van der Waals surface area contributed by atoms with Crippen LogP contribution in [0.1, 0.15) is 115 Å². The number of para-hydroxylation sites is 1. The zero-order valence-corrected chi connectivity index (χ0v) is 28.3. The Morgan fingerprint density at radius 3 is 1.88 bits per heavy atom. The van der Waals surface area contributed by atoms with E-state index in [-0.39, 0.29) is 26.8 Å². The molecule has 3 unspecified atom stereocenters. The lowest BCUT2D eigenvalue weighted by atomic mass is 9.54. The van der Waals surface area contributed by atoms with Crippen LogP contribution in [0.4, 0.5) is 5.69 Å². The third-order valence-corrected chi connectivity index (χ3v) is 10.6. The van der Waals surface area contributed by atoms with Gasteiger partial charge in [-0.05, 0) is 82.2 Å². The highest BCUT2D eigenvalue weighted by Gasteiger charge is 2.46. The van der Waals surface area contributed by atoms with Gasteiger partial charge < -0.3 is 5.32 Å². The molecular weight excluding hydrogens is 554 g/mol. The molecule has 0 spiro atoms. The standard InChI is InChI=1S/C37H51NO4S/c1-10-26(2)30(24-36(6,7)37(8,9)31(25-35(3,4)5)28-16-12-11-13-17-28)27-20-22-29(23-21-27)34(39)38-32-18-14-15-19-33(32)43(40,41)42/h11-23,26,30-31H,10,24-25H2,1-9H3,(H,38,39)(H,40,41,42). The van der Waals surface area contributed by atoms with Gasteiger partial charge in [-0.1, -0.05) is 123 Å².